The SMILES string of the molecule is C=C/C=C(C=C)/C(N)=N/C(=N\Cn1c2ccccc2c2ccc3c4ccccc4n(-c4ccccc4)c3c21)c1cccc(-n2c3ccccc3c3ccccc32)c1. The lowest BCUT2D eigenvalue weighted by Crippen LogP contribution is -2.17. The number of aromatic nitrogens is 3. The van der Waals surface area contributed by atoms with E-state index in [0.29, 0.717) is 23.9 Å². The first kappa shape index (κ1) is 33.8. The molecule has 0 saturated carbocycles. The summed E-state index contributed by atoms with van der Waals surface area (Å²) in [5.74, 6) is 0.813. The molecule has 10 rings (SSSR count). The van der Waals surface area contributed by atoms with Gasteiger partial charge in [0, 0.05) is 54.8 Å². The third kappa shape index (κ3) is 5.49. The van der Waals surface area contributed by atoms with Crippen LogP contribution in [-0.2, 0) is 6.67 Å². The van der Waals surface area contributed by atoms with Crippen molar-refractivity contribution in [3.63, 3.8) is 0 Å². The summed E-state index contributed by atoms with van der Waals surface area (Å²) < 4.78 is 7.01. The van der Waals surface area contributed by atoms with Crippen molar-refractivity contribution in [2.24, 2.45) is 15.7 Å². The Bertz CT molecular complexity index is 3260. The summed E-state index contributed by atoms with van der Waals surface area (Å²) in [6.45, 7) is 8.17. The molecule has 6 nitrogen and oxygen atoms in total. The average molecular weight is 735 g/mol. The molecule has 0 aliphatic rings. The summed E-state index contributed by atoms with van der Waals surface area (Å²) >= 11 is 0. The second-order valence-corrected chi connectivity index (χ2v) is 14.1. The van der Waals surface area contributed by atoms with Crippen LogP contribution < -0.4 is 5.73 Å². The van der Waals surface area contributed by atoms with Crippen molar-refractivity contribution in [1.29, 1.82) is 0 Å². The highest BCUT2D eigenvalue weighted by atomic mass is 15.1. The van der Waals surface area contributed by atoms with Gasteiger partial charge in [-0.25, -0.2) is 9.98 Å². The van der Waals surface area contributed by atoms with E-state index in [1.54, 1.807) is 12.2 Å². The first-order valence-corrected chi connectivity index (χ1v) is 19.1. The second-order valence-electron chi connectivity index (χ2n) is 14.1. The number of rotatable bonds is 8. The van der Waals surface area contributed by atoms with Crippen molar-refractivity contribution in [2.45, 2.75) is 6.67 Å². The number of benzene rings is 7. The Kier molecular flexibility index (Phi) is 8.23. The molecule has 57 heavy (non-hydrogen) atoms. The molecule has 0 aliphatic carbocycles. The zero-order chi connectivity index (χ0) is 38.5. The molecular formula is C51H38N6. The number of allylic oxidation sites excluding steroid dienone is 2. The number of fused-ring (bicyclic) bond motifs is 10. The molecule has 0 aliphatic heterocycles. The fraction of sp³-hybridized carbons (Fsp3) is 0.0196. The largest absolute Gasteiger partial charge is 0.383 e. The van der Waals surface area contributed by atoms with Crippen molar-refractivity contribution < 1.29 is 0 Å². The van der Waals surface area contributed by atoms with Crippen LogP contribution in [0.4, 0.5) is 0 Å². The first-order chi connectivity index (χ1) is 28.1. The molecule has 10 aromatic rings. The summed E-state index contributed by atoms with van der Waals surface area (Å²) in [5, 5.41) is 7.10. The molecule has 6 heteroatoms. The lowest BCUT2D eigenvalue weighted by atomic mass is 10.1. The predicted molar refractivity (Wildman–Crippen MR) is 241 cm³/mol. The summed E-state index contributed by atoms with van der Waals surface area (Å²) in [7, 11) is 0. The maximum absolute atomic E-state index is 6.73. The predicted octanol–water partition coefficient (Wildman–Crippen LogP) is 12.0. The number of nitrogens with zero attached hydrogens (tertiary/aromatic N) is 5. The average Bonchev–Trinajstić information content (AvgIpc) is 3.90. The van der Waals surface area contributed by atoms with Gasteiger partial charge in [0.1, 0.15) is 12.5 Å². The zero-order valence-corrected chi connectivity index (χ0v) is 31.3. The van der Waals surface area contributed by atoms with Gasteiger partial charge in [0.2, 0.25) is 0 Å². The van der Waals surface area contributed by atoms with Gasteiger partial charge in [0.25, 0.3) is 0 Å². The zero-order valence-electron chi connectivity index (χ0n) is 31.3. The van der Waals surface area contributed by atoms with Crippen LogP contribution in [0.25, 0.3) is 76.8 Å². The van der Waals surface area contributed by atoms with E-state index < -0.39 is 0 Å². The van der Waals surface area contributed by atoms with Crippen LogP contribution in [0, 0.1) is 0 Å². The minimum atomic E-state index is 0.291. The van der Waals surface area contributed by atoms with E-state index in [9.17, 15) is 0 Å². The number of nitrogens with two attached hydrogens (primary N) is 1. The molecule has 0 atom stereocenters. The molecule has 0 radical (unpaired) electrons. The highest BCUT2D eigenvalue weighted by Crippen LogP contribution is 2.40. The summed E-state index contributed by atoms with van der Waals surface area (Å²) in [6, 6.07) is 57.7. The minimum absolute atomic E-state index is 0.291. The molecule has 0 amide bonds. The van der Waals surface area contributed by atoms with Crippen LogP contribution >= 0.6 is 0 Å². The number of hydrogen-bond acceptors (Lipinski definition) is 1. The summed E-state index contributed by atoms with van der Waals surface area (Å²) in [4.78, 5) is 10.4. The summed E-state index contributed by atoms with van der Waals surface area (Å²) in [6.07, 6.45) is 5.19. The van der Waals surface area contributed by atoms with Crippen LogP contribution in [0.5, 0.6) is 0 Å². The van der Waals surface area contributed by atoms with Crippen molar-refractivity contribution in [1.82, 2.24) is 13.7 Å². The molecule has 3 heterocycles. The number of amidine groups is 2. The molecule has 0 fully saturated rings. The van der Waals surface area contributed by atoms with Gasteiger partial charge in [-0.1, -0.05) is 147 Å². The van der Waals surface area contributed by atoms with Gasteiger partial charge < -0.3 is 19.4 Å². The van der Waals surface area contributed by atoms with Crippen molar-refractivity contribution in [3.8, 4) is 11.4 Å². The molecule has 2 N–H and O–H groups in total. The van der Waals surface area contributed by atoms with Gasteiger partial charge in [0.15, 0.2) is 5.84 Å². The van der Waals surface area contributed by atoms with Crippen molar-refractivity contribution in [3.05, 3.63) is 206 Å². The number of hydrogen-bond donors (Lipinski definition) is 1. The van der Waals surface area contributed by atoms with Crippen LogP contribution in [0.1, 0.15) is 5.56 Å². The van der Waals surface area contributed by atoms with Crippen LogP contribution in [-0.4, -0.2) is 25.4 Å². The molecule has 272 valence electrons. The Morgan fingerprint density at radius 1 is 0.526 bits per heavy atom. The standard InChI is InChI=1S/C51H38N6/c1-3-17-34(4-2)50(52)54-51(35-18-16-21-37(32-35)56-45-27-13-9-22-38(45)39-23-10-14-28-46(39)56)53-33-55-44-26-12-8-24-40(44)42-30-31-43-41-25-11-15-29-47(41)57(49(43)48(42)55)36-19-6-5-7-20-36/h3-32H,1-2,33H2,(H2,52,53,54)/b34-17+. The fourth-order valence-corrected chi connectivity index (χ4v) is 8.46. The minimum Gasteiger partial charge on any atom is -0.383 e. The molecule has 3 aromatic heterocycles. The number of para-hydroxylation sites is 5. The Morgan fingerprint density at radius 3 is 1.68 bits per heavy atom. The molecular weight excluding hydrogens is 697 g/mol. The van der Waals surface area contributed by atoms with Crippen molar-refractivity contribution >= 4 is 77.1 Å². The maximum atomic E-state index is 6.73. The fourth-order valence-electron chi connectivity index (χ4n) is 8.46. The first-order valence-electron chi connectivity index (χ1n) is 19.1. The Hall–Kier alpha value is -7.70. The van der Waals surface area contributed by atoms with Crippen molar-refractivity contribution in [2.75, 3.05) is 0 Å². The van der Waals surface area contributed by atoms with Gasteiger partial charge in [-0.3, -0.25) is 0 Å². The molecule has 0 unspecified atom stereocenters. The Labute approximate surface area is 329 Å². The van der Waals surface area contributed by atoms with Crippen LogP contribution in [0.15, 0.2) is 211 Å². The van der Waals surface area contributed by atoms with E-state index in [1.165, 1.54) is 21.5 Å². The molecule has 7 aromatic carbocycles. The van der Waals surface area contributed by atoms with E-state index in [4.69, 9.17) is 15.7 Å². The molecule has 0 saturated heterocycles. The van der Waals surface area contributed by atoms with E-state index in [-0.39, 0.29) is 0 Å². The highest BCUT2D eigenvalue weighted by molar-refractivity contribution is 6.23. The third-order valence-electron chi connectivity index (χ3n) is 10.9. The highest BCUT2D eigenvalue weighted by Gasteiger charge is 2.21. The van der Waals surface area contributed by atoms with Crippen LogP contribution in [0.2, 0.25) is 0 Å². The van der Waals surface area contributed by atoms with Gasteiger partial charge >= 0.3 is 0 Å². The lowest BCUT2D eigenvalue weighted by Gasteiger charge is -2.13. The topological polar surface area (TPSA) is 65.5 Å². The van der Waals surface area contributed by atoms with Gasteiger partial charge in [-0.15, -0.1) is 0 Å². The van der Waals surface area contributed by atoms with E-state index in [2.05, 4.69) is 191 Å². The monoisotopic (exact) mass is 734 g/mol. The van der Waals surface area contributed by atoms with E-state index >= 15 is 0 Å². The Morgan fingerprint density at radius 2 is 1.05 bits per heavy atom. The molecule has 0 bridgehead atoms. The maximum Gasteiger partial charge on any atom is 0.158 e. The Balaban J connectivity index is 1.22. The third-order valence-corrected chi connectivity index (χ3v) is 10.9. The molecule has 0 spiro atoms. The van der Waals surface area contributed by atoms with E-state index in [0.717, 1.165) is 60.8 Å². The van der Waals surface area contributed by atoms with Gasteiger partial charge in [-0.2, -0.15) is 0 Å². The second kappa shape index (κ2) is 13.9. The van der Waals surface area contributed by atoms with Crippen LogP contribution in [0.3, 0.4) is 0 Å². The normalized spacial score (nSPS) is 12.8. The number of aliphatic imine (C=N–C) groups is 2. The lowest BCUT2D eigenvalue weighted by molar-refractivity contribution is 0.792. The quantitative estimate of drug-likeness (QED) is 0.0943. The van der Waals surface area contributed by atoms with E-state index in [1.807, 2.05) is 6.08 Å². The smallest absolute Gasteiger partial charge is 0.158 e. The van der Waals surface area contributed by atoms with Gasteiger partial charge in [0.05, 0.1) is 33.1 Å². The summed E-state index contributed by atoms with van der Waals surface area (Å²) in [5.41, 5.74) is 17.1. The van der Waals surface area contributed by atoms with Gasteiger partial charge in [-0.05, 0) is 48.5 Å².